The molecule has 0 saturated carbocycles. The van der Waals surface area contributed by atoms with Gasteiger partial charge in [0.15, 0.2) is 0 Å². The molecule has 0 unspecified atom stereocenters. The fourth-order valence-electron chi connectivity index (χ4n) is 1.84. The Balaban J connectivity index is 1.91. The lowest BCUT2D eigenvalue weighted by Gasteiger charge is -2.26. The second-order valence-corrected chi connectivity index (χ2v) is 5.65. The molecule has 0 N–H and O–H groups in total. The Kier molecular flexibility index (Phi) is 4.49. The van der Waals surface area contributed by atoms with Gasteiger partial charge in [0.05, 0.1) is 13.2 Å². The molecule has 110 valence electrons. The summed E-state index contributed by atoms with van der Waals surface area (Å²) in [6, 6.07) is 7.07. The molecule has 0 aliphatic carbocycles. The van der Waals surface area contributed by atoms with Gasteiger partial charge >= 0.3 is 6.09 Å². The molecule has 1 aliphatic rings. The number of morpholine rings is 1. The summed E-state index contributed by atoms with van der Waals surface area (Å²) in [4.78, 5) is 13.5. The van der Waals surface area contributed by atoms with Crippen molar-refractivity contribution in [2.24, 2.45) is 0 Å². The maximum Gasteiger partial charge on any atom is 0.415 e. The van der Waals surface area contributed by atoms with Gasteiger partial charge in [-0.15, -0.1) is 0 Å². The number of carbonyl (C=O) groups is 1. The molecule has 5 heteroatoms. The van der Waals surface area contributed by atoms with Crippen LogP contribution in [-0.4, -0.2) is 42.9 Å². The fraction of sp³-hybridized carbons (Fsp3) is 0.533. The standard InChI is InChI=1S/C15H21NO4/c1-15(2,3)20-13-6-4-12(5-7-13)19-14(17)16-8-10-18-11-9-16/h4-7H,8-11H2,1-3H3. The molecule has 0 atom stereocenters. The van der Waals surface area contributed by atoms with Crippen LogP contribution in [0.2, 0.25) is 0 Å². The van der Waals surface area contributed by atoms with Crippen LogP contribution in [0.1, 0.15) is 20.8 Å². The molecular weight excluding hydrogens is 258 g/mol. The lowest BCUT2D eigenvalue weighted by molar-refractivity contribution is 0.0416. The predicted molar refractivity (Wildman–Crippen MR) is 75.2 cm³/mol. The third-order valence-corrected chi connectivity index (χ3v) is 2.72. The number of amides is 1. The highest BCUT2D eigenvalue weighted by atomic mass is 16.6. The van der Waals surface area contributed by atoms with Crippen molar-refractivity contribution >= 4 is 6.09 Å². The number of ether oxygens (including phenoxy) is 3. The van der Waals surface area contributed by atoms with Crippen molar-refractivity contribution in [3.63, 3.8) is 0 Å². The van der Waals surface area contributed by atoms with Crippen LogP contribution in [0.25, 0.3) is 0 Å². The Morgan fingerprint density at radius 1 is 1.10 bits per heavy atom. The minimum Gasteiger partial charge on any atom is -0.488 e. The van der Waals surface area contributed by atoms with Crippen molar-refractivity contribution in [3.05, 3.63) is 24.3 Å². The van der Waals surface area contributed by atoms with Gasteiger partial charge in [-0.1, -0.05) is 0 Å². The van der Waals surface area contributed by atoms with E-state index >= 15 is 0 Å². The topological polar surface area (TPSA) is 48.0 Å². The molecule has 0 bridgehead atoms. The summed E-state index contributed by atoms with van der Waals surface area (Å²) in [5.41, 5.74) is -0.244. The molecule has 0 radical (unpaired) electrons. The van der Waals surface area contributed by atoms with E-state index in [-0.39, 0.29) is 11.7 Å². The first-order chi connectivity index (χ1) is 9.44. The van der Waals surface area contributed by atoms with Gasteiger partial charge in [-0.25, -0.2) is 4.79 Å². The summed E-state index contributed by atoms with van der Waals surface area (Å²) >= 11 is 0. The van der Waals surface area contributed by atoms with Crippen LogP contribution in [-0.2, 0) is 4.74 Å². The monoisotopic (exact) mass is 279 g/mol. The number of hydrogen-bond donors (Lipinski definition) is 0. The van der Waals surface area contributed by atoms with Gasteiger partial charge in [-0.05, 0) is 45.0 Å². The van der Waals surface area contributed by atoms with Crippen molar-refractivity contribution in [1.29, 1.82) is 0 Å². The van der Waals surface area contributed by atoms with E-state index in [9.17, 15) is 4.79 Å². The van der Waals surface area contributed by atoms with Crippen molar-refractivity contribution in [1.82, 2.24) is 4.90 Å². The van der Waals surface area contributed by atoms with E-state index in [0.29, 0.717) is 32.1 Å². The summed E-state index contributed by atoms with van der Waals surface area (Å²) < 4.78 is 16.2. The zero-order valence-corrected chi connectivity index (χ0v) is 12.2. The molecule has 0 aromatic heterocycles. The van der Waals surface area contributed by atoms with Crippen LogP contribution < -0.4 is 9.47 Å². The van der Waals surface area contributed by atoms with Crippen LogP contribution in [0.4, 0.5) is 4.79 Å². The van der Waals surface area contributed by atoms with E-state index < -0.39 is 0 Å². The lowest BCUT2D eigenvalue weighted by Crippen LogP contribution is -2.42. The van der Waals surface area contributed by atoms with Gasteiger partial charge in [0.1, 0.15) is 17.1 Å². The maximum atomic E-state index is 11.9. The molecule has 2 rings (SSSR count). The van der Waals surface area contributed by atoms with Gasteiger partial charge < -0.3 is 19.1 Å². The molecule has 1 aromatic carbocycles. The highest BCUT2D eigenvalue weighted by Gasteiger charge is 2.19. The average Bonchev–Trinajstić information content (AvgIpc) is 2.40. The summed E-state index contributed by atoms with van der Waals surface area (Å²) in [7, 11) is 0. The van der Waals surface area contributed by atoms with Crippen LogP contribution in [0.5, 0.6) is 11.5 Å². The van der Waals surface area contributed by atoms with E-state index in [1.54, 1.807) is 29.2 Å². The quantitative estimate of drug-likeness (QED) is 0.835. The van der Waals surface area contributed by atoms with Crippen LogP contribution in [0.15, 0.2) is 24.3 Å². The fourth-order valence-corrected chi connectivity index (χ4v) is 1.84. The zero-order chi connectivity index (χ0) is 14.6. The van der Waals surface area contributed by atoms with E-state index in [4.69, 9.17) is 14.2 Å². The molecule has 1 heterocycles. The van der Waals surface area contributed by atoms with Crippen molar-refractivity contribution < 1.29 is 19.0 Å². The number of nitrogens with zero attached hydrogens (tertiary/aromatic N) is 1. The molecule has 1 fully saturated rings. The first-order valence-corrected chi connectivity index (χ1v) is 6.78. The maximum absolute atomic E-state index is 11.9. The van der Waals surface area contributed by atoms with Crippen molar-refractivity contribution in [2.45, 2.75) is 26.4 Å². The minimum atomic E-state index is -0.335. The highest BCUT2D eigenvalue weighted by Crippen LogP contribution is 2.22. The third-order valence-electron chi connectivity index (χ3n) is 2.72. The number of hydrogen-bond acceptors (Lipinski definition) is 4. The molecule has 1 amide bonds. The molecule has 0 spiro atoms. The zero-order valence-electron chi connectivity index (χ0n) is 12.2. The second-order valence-electron chi connectivity index (χ2n) is 5.65. The summed E-state index contributed by atoms with van der Waals surface area (Å²) in [5, 5.41) is 0. The van der Waals surface area contributed by atoms with Gasteiger partial charge in [-0.2, -0.15) is 0 Å². The van der Waals surface area contributed by atoms with Gasteiger partial charge in [-0.3, -0.25) is 0 Å². The highest BCUT2D eigenvalue weighted by molar-refractivity contribution is 5.70. The minimum absolute atomic E-state index is 0.244. The molecule has 1 saturated heterocycles. The van der Waals surface area contributed by atoms with E-state index in [1.165, 1.54) is 0 Å². The SMILES string of the molecule is CC(C)(C)Oc1ccc(OC(=O)N2CCOCC2)cc1. The van der Waals surface area contributed by atoms with E-state index in [1.807, 2.05) is 20.8 Å². The third kappa shape index (κ3) is 4.42. The Bertz CT molecular complexity index is 444. The summed E-state index contributed by atoms with van der Waals surface area (Å²) in [6.45, 7) is 8.23. The van der Waals surface area contributed by atoms with Gasteiger partial charge in [0, 0.05) is 13.1 Å². The normalized spacial score (nSPS) is 15.8. The van der Waals surface area contributed by atoms with Crippen molar-refractivity contribution in [3.8, 4) is 11.5 Å². The molecule has 1 aliphatic heterocycles. The molecule has 1 aromatic rings. The van der Waals surface area contributed by atoms with Crippen LogP contribution in [0.3, 0.4) is 0 Å². The smallest absolute Gasteiger partial charge is 0.415 e. The molecule has 5 nitrogen and oxygen atoms in total. The molecule has 20 heavy (non-hydrogen) atoms. The van der Waals surface area contributed by atoms with Gasteiger partial charge in [0.25, 0.3) is 0 Å². The average molecular weight is 279 g/mol. The largest absolute Gasteiger partial charge is 0.488 e. The first kappa shape index (κ1) is 14.7. The van der Waals surface area contributed by atoms with Crippen LogP contribution >= 0.6 is 0 Å². The van der Waals surface area contributed by atoms with Crippen LogP contribution in [0, 0.1) is 0 Å². The lowest BCUT2D eigenvalue weighted by atomic mass is 10.2. The molecular formula is C15H21NO4. The number of rotatable bonds is 2. The van der Waals surface area contributed by atoms with Crippen molar-refractivity contribution in [2.75, 3.05) is 26.3 Å². The van der Waals surface area contributed by atoms with E-state index in [0.717, 1.165) is 5.75 Å². The number of benzene rings is 1. The first-order valence-electron chi connectivity index (χ1n) is 6.78. The number of carbonyl (C=O) groups excluding carboxylic acids is 1. The summed E-state index contributed by atoms with van der Waals surface area (Å²) in [6.07, 6.45) is -0.335. The Morgan fingerprint density at radius 2 is 1.65 bits per heavy atom. The Morgan fingerprint density at radius 3 is 2.20 bits per heavy atom. The van der Waals surface area contributed by atoms with E-state index in [2.05, 4.69) is 0 Å². The Hall–Kier alpha value is -1.75. The van der Waals surface area contributed by atoms with Gasteiger partial charge in [0.2, 0.25) is 0 Å². The Labute approximate surface area is 119 Å². The summed E-state index contributed by atoms with van der Waals surface area (Å²) in [5.74, 6) is 1.27. The predicted octanol–water partition coefficient (Wildman–Crippen LogP) is 2.69. The second kappa shape index (κ2) is 6.13.